The van der Waals surface area contributed by atoms with Gasteiger partial charge in [0.05, 0.1) is 10.6 Å². The summed E-state index contributed by atoms with van der Waals surface area (Å²) in [6.07, 6.45) is 1.17. The first-order chi connectivity index (χ1) is 7.86. The van der Waals surface area contributed by atoms with Crippen LogP contribution in [0.5, 0.6) is 0 Å². The first-order valence-corrected chi connectivity index (χ1v) is 7.36. The molecule has 1 heterocycles. The lowest BCUT2D eigenvalue weighted by molar-refractivity contribution is 0.602. The summed E-state index contributed by atoms with van der Waals surface area (Å²) in [7, 11) is -3.24. The minimum atomic E-state index is -3.24. The number of aromatic nitrogens is 2. The van der Waals surface area contributed by atoms with Crippen LogP contribution in [0.2, 0.25) is 0 Å². The Labute approximate surface area is 107 Å². The van der Waals surface area contributed by atoms with Gasteiger partial charge in [0.1, 0.15) is 5.82 Å². The molecule has 3 N–H and O–H groups in total. The molecule has 7 heteroatoms. The van der Waals surface area contributed by atoms with E-state index >= 15 is 0 Å². The van der Waals surface area contributed by atoms with Crippen LogP contribution in [0.1, 0.15) is 0 Å². The summed E-state index contributed by atoms with van der Waals surface area (Å²) in [5, 5.41) is 6.54. The summed E-state index contributed by atoms with van der Waals surface area (Å²) in [6.45, 7) is 0. The maximum absolute atomic E-state index is 11.5. The van der Waals surface area contributed by atoms with Gasteiger partial charge in [0, 0.05) is 22.4 Å². The molecule has 0 atom stereocenters. The van der Waals surface area contributed by atoms with Gasteiger partial charge in [-0.05, 0) is 18.2 Å². The topological polar surface area (TPSA) is 88.8 Å². The average Bonchev–Trinajstić information content (AvgIpc) is 2.62. The third kappa shape index (κ3) is 2.67. The van der Waals surface area contributed by atoms with E-state index in [-0.39, 0.29) is 4.90 Å². The van der Waals surface area contributed by atoms with Gasteiger partial charge in [-0.1, -0.05) is 15.9 Å². The van der Waals surface area contributed by atoms with Crippen molar-refractivity contribution in [2.45, 2.75) is 4.90 Å². The van der Waals surface area contributed by atoms with E-state index in [0.717, 1.165) is 0 Å². The number of nitrogen functional groups attached to an aromatic ring is 1. The summed E-state index contributed by atoms with van der Waals surface area (Å²) in [4.78, 5) is 0.245. The van der Waals surface area contributed by atoms with Crippen molar-refractivity contribution in [3.63, 3.8) is 0 Å². The Balaban J connectivity index is 2.60. The van der Waals surface area contributed by atoms with Crippen molar-refractivity contribution >= 4 is 31.6 Å². The van der Waals surface area contributed by atoms with Gasteiger partial charge in [-0.25, -0.2) is 8.42 Å². The second kappa shape index (κ2) is 4.15. The normalized spacial score (nSPS) is 11.6. The molecular formula is C10H10BrN3O2S. The molecule has 0 saturated heterocycles. The van der Waals surface area contributed by atoms with Crippen molar-refractivity contribution in [3.8, 4) is 11.3 Å². The van der Waals surface area contributed by atoms with Crippen LogP contribution < -0.4 is 5.73 Å². The predicted octanol–water partition coefficient (Wildman–Crippen LogP) is 1.82. The molecule has 5 nitrogen and oxygen atoms in total. The highest BCUT2D eigenvalue weighted by molar-refractivity contribution is 9.10. The summed E-state index contributed by atoms with van der Waals surface area (Å²) >= 11 is 3.28. The second-order valence-corrected chi connectivity index (χ2v) is 6.59. The number of hydrogen-bond acceptors (Lipinski definition) is 4. The fourth-order valence-corrected chi connectivity index (χ4v) is 2.74. The number of nitrogens with one attached hydrogen (secondary N) is 1. The number of nitrogens with zero attached hydrogens (tertiary/aromatic N) is 1. The van der Waals surface area contributed by atoms with E-state index in [0.29, 0.717) is 21.5 Å². The van der Waals surface area contributed by atoms with Gasteiger partial charge in [0.25, 0.3) is 0 Å². The Hall–Kier alpha value is -1.34. The lowest BCUT2D eigenvalue weighted by Gasteiger charge is -2.03. The maximum Gasteiger partial charge on any atom is 0.175 e. The van der Waals surface area contributed by atoms with E-state index in [1.54, 1.807) is 24.3 Å². The van der Waals surface area contributed by atoms with E-state index < -0.39 is 9.84 Å². The Morgan fingerprint density at radius 1 is 1.29 bits per heavy atom. The summed E-state index contributed by atoms with van der Waals surface area (Å²) in [5.41, 5.74) is 6.89. The third-order valence-corrected chi connectivity index (χ3v) is 3.76. The van der Waals surface area contributed by atoms with Crippen LogP contribution >= 0.6 is 15.9 Å². The van der Waals surface area contributed by atoms with Crippen LogP contribution in [0.15, 0.2) is 33.6 Å². The highest BCUT2D eigenvalue weighted by atomic mass is 79.9. The SMILES string of the molecule is CS(=O)(=O)c1cc(Br)cc(-c2cc(N)n[nH]2)c1. The number of sulfone groups is 1. The third-order valence-electron chi connectivity index (χ3n) is 2.21. The number of benzene rings is 1. The summed E-state index contributed by atoms with van der Waals surface area (Å²) in [6, 6.07) is 6.57. The van der Waals surface area contributed by atoms with E-state index in [1.165, 1.54) is 6.26 Å². The molecule has 1 aromatic carbocycles. The largest absolute Gasteiger partial charge is 0.382 e. The molecule has 2 rings (SSSR count). The number of anilines is 1. The summed E-state index contributed by atoms with van der Waals surface area (Å²) < 4.78 is 23.7. The van der Waals surface area contributed by atoms with Crippen molar-refractivity contribution in [1.82, 2.24) is 10.2 Å². The maximum atomic E-state index is 11.5. The average molecular weight is 316 g/mol. The zero-order chi connectivity index (χ0) is 12.6. The molecule has 0 unspecified atom stereocenters. The molecular weight excluding hydrogens is 306 g/mol. The van der Waals surface area contributed by atoms with Crippen molar-refractivity contribution < 1.29 is 8.42 Å². The van der Waals surface area contributed by atoms with Crippen LogP contribution in [-0.4, -0.2) is 24.9 Å². The fourth-order valence-electron chi connectivity index (χ4n) is 1.42. The second-order valence-electron chi connectivity index (χ2n) is 3.65. The Morgan fingerprint density at radius 3 is 2.53 bits per heavy atom. The Bertz CT molecular complexity index is 664. The van der Waals surface area contributed by atoms with Crippen LogP contribution in [0.3, 0.4) is 0 Å². The molecule has 0 fully saturated rings. The molecule has 0 radical (unpaired) electrons. The Morgan fingerprint density at radius 2 is 2.00 bits per heavy atom. The molecule has 17 heavy (non-hydrogen) atoms. The minimum absolute atomic E-state index is 0.245. The highest BCUT2D eigenvalue weighted by Gasteiger charge is 2.11. The van der Waals surface area contributed by atoms with Crippen LogP contribution in [0.25, 0.3) is 11.3 Å². The number of aromatic amines is 1. The van der Waals surface area contributed by atoms with Crippen molar-refractivity contribution in [2.24, 2.45) is 0 Å². The van der Waals surface area contributed by atoms with Gasteiger partial charge in [-0.15, -0.1) is 0 Å². The Kier molecular flexibility index (Phi) is 2.96. The van der Waals surface area contributed by atoms with Gasteiger partial charge in [0.15, 0.2) is 9.84 Å². The molecule has 0 amide bonds. The van der Waals surface area contributed by atoms with Gasteiger partial charge in [-0.2, -0.15) is 5.10 Å². The smallest absolute Gasteiger partial charge is 0.175 e. The lowest BCUT2D eigenvalue weighted by Crippen LogP contribution is -1.97. The minimum Gasteiger partial charge on any atom is -0.382 e. The van der Waals surface area contributed by atoms with Gasteiger partial charge >= 0.3 is 0 Å². The predicted molar refractivity (Wildman–Crippen MR) is 69.2 cm³/mol. The summed E-state index contributed by atoms with van der Waals surface area (Å²) in [5.74, 6) is 0.362. The molecule has 0 bridgehead atoms. The van der Waals surface area contributed by atoms with Gasteiger partial charge in [0.2, 0.25) is 0 Å². The highest BCUT2D eigenvalue weighted by Crippen LogP contribution is 2.26. The molecule has 0 saturated carbocycles. The van der Waals surface area contributed by atoms with Crippen LogP contribution in [0.4, 0.5) is 5.82 Å². The standard InChI is InChI=1S/C10H10BrN3O2S/c1-17(15,16)8-3-6(2-7(11)4-8)9-5-10(12)14-13-9/h2-5H,1H3,(H3,12,13,14). The number of rotatable bonds is 2. The molecule has 90 valence electrons. The van der Waals surface area contributed by atoms with E-state index in [1.807, 2.05) is 0 Å². The van der Waals surface area contributed by atoms with Crippen molar-refractivity contribution in [3.05, 3.63) is 28.7 Å². The van der Waals surface area contributed by atoms with Gasteiger partial charge in [-0.3, -0.25) is 5.10 Å². The molecule has 1 aromatic heterocycles. The molecule has 2 aromatic rings. The molecule has 0 aliphatic carbocycles. The van der Waals surface area contributed by atoms with E-state index in [9.17, 15) is 8.42 Å². The van der Waals surface area contributed by atoms with E-state index in [4.69, 9.17) is 5.73 Å². The number of halogens is 1. The first kappa shape index (κ1) is 12.1. The number of hydrogen-bond donors (Lipinski definition) is 2. The van der Waals surface area contributed by atoms with Crippen molar-refractivity contribution in [1.29, 1.82) is 0 Å². The fraction of sp³-hybridized carbons (Fsp3) is 0.100. The number of nitrogens with two attached hydrogens (primary N) is 1. The monoisotopic (exact) mass is 315 g/mol. The lowest BCUT2D eigenvalue weighted by atomic mass is 10.1. The molecule has 0 aliphatic heterocycles. The van der Waals surface area contributed by atoms with Crippen LogP contribution in [0, 0.1) is 0 Å². The molecule has 0 spiro atoms. The number of H-pyrrole nitrogens is 1. The zero-order valence-electron chi connectivity index (χ0n) is 8.94. The van der Waals surface area contributed by atoms with E-state index in [2.05, 4.69) is 26.1 Å². The van der Waals surface area contributed by atoms with Gasteiger partial charge < -0.3 is 5.73 Å². The molecule has 0 aliphatic rings. The van der Waals surface area contributed by atoms with Crippen LogP contribution in [-0.2, 0) is 9.84 Å². The zero-order valence-corrected chi connectivity index (χ0v) is 11.3. The quantitative estimate of drug-likeness (QED) is 0.884. The van der Waals surface area contributed by atoms with Crippen molar-refractivity contribution in [2.75, 3.05) is 12.0 Å². The first-order valence-electron chi connectivity index (χ1n) is 4.68.